The summed E-state index contributed by atoms with van der Waals surface area (Å²) in [6.07, 6.45) is 1.65. The van der Waals surface area contributed by atoms with E-state index in [-0.39, 0.29) is 5.82 Å². The van der Waals surface area contributed by atoms with Crippen molar-refractivity contribution >= 4 is 15.9 Å². The lowest BCUT2D eigenvalue weighted by molar-refractivity contribution is 0.400. The van der Waals surface area contributed by atoms with Gasteiger partial charge in [0.25, 0.3) is 0 Å². The number of nitrogens with zero attached hydrogens (tertiary/aromatic N) is 1. The zero-order valence-corrected chi connectivity index (χ0v) is 11.8. The second kappa shape index (κ2) is 6.10. The second-order valence-corrected chi connectivity index (χ2v) is 4.71. The second-order valence-electron chi connectivity index (χ2n) is 3.86. The van der Waals surface area contributed by atoms with Crippen LogP contribution in [0.15, 0.2) is 41.0 Å². The molecule has 0 saturated carbocycles. The number of hydrazine groups is 1. The van der Waals surface area contributed by atoms with E-state index in [4.69, 9.17) is 10.6 Å². The monoisotopic (exact) mass is 325 g/mol. The van der Waals surface area contributed by atoms with Crippen LogP contribution in [0.25, 0.3) is 0 Å². The highest BCUT2D eigenvalue weighted by Crippen LogP contribution is 2.31. The molecule has 1 aromatic carbocycles. The molecule has 2 rings (SSSR count). The summed E-state index contributed by atoms with van der Waals surface area (Å²) in [7, 11) is 1.56. The number of nitrogens with two attached hydrogens (primary N) is 1. The number of ether oxygens (including phenoxy) is 1. The Morgan fingerprint density at radius 2 is 2.21 bits per heavy atom. The van der Waals surface area contributed by atoms with E-state index in [0.29, 0.717) is 15.9 Å². The molecule has 100 valence electrons. The van der Waals surface area contributed by atoms with Gasteiger partial charge in [0.15, 0.2) is 0 Å². The zero-order valence-electron chi connectivity index (χ0n) is 10.2. The van der Waals surface area contributed by atoms with Crippen LogP contribution in [0.4, 0.5) is 4.39 Å². The van der Waals surface area contributed by atoms with Crippen molar-refractivity contribution < 1.29 is 9.13 Å². The van der Waals surface area contributed by atoms with Gasteiger partial charge in [-0.1, -0.05) is 22.0 Å². The molecule has 0 aliphatic heterocycles. The average molecular weight is 326 g/mol. The van der Waals surface area contributed by atoms with Crippen LogP contribution in [0, 0.1) is 5.82 Å². The lowest BCUT2D eigenvalue weighted by Gasteiger charge is -2.19. The summed E-state index contributed by atoms with van der Waals surface area (Å²) in [5.41, 5.74) is 4.09. The van der Waals surface area contributed by atoms with Crippen molar-refractivity contribution in [3.05, 3.63) is 58.1 Å². The van der Waals surface area contributed by atoms with E-state index < -0.39 is 6.04 Å². The molecule has 1 heterocycles. The molecule has 0 fully saturated rings. The van der Waals surface area contributed by atoms with E-state index in [1.807, 2.05) is 0 Å². The van der Waals surface area contributed by atoms with Crippen LogP contribution in [0.2, 0.25) is 0 Å². The fourth-order valence-electron chi connectivity index (χ4n) is 1.84. The van der Waals surface area contributed by atoms with Gasteiger partial charge in [-0.3, -0.25) is 10.8 Å². The summed E-state index contributed by atoms with van der Waals surface area (Å²) in [5.74, 6) is 5.90. The maximum atomic E-state index is 13.1. The normalized spacial score (nSPS) is 12.2. The van der Waals surface area contributed by atoms with E-state index in [0.717, 1.165) is 5.56 Å². The highest BCUT2D eigenvalue weighted by Gasteiger charge is 2.20. The quantitative estimate of drug-likeness (QED) is 0.670. The maximum Gasteiger partial charge on any atom is 0.142 e. The van der Waals surface area contributed by atoms with E-state index in [1.54, 1.807) is 31.5 Å². The van der Waals surface area contributed by atoms with Gasteiger partial charge in [0.2, 0.25) is 0 Å². The molecule has 0 amide bonds. The molecule has 19 heavy (non-hydrogen) atoms. The molecule has 0 saturated heterocycles. The van der Waals surface area contributed by atoms with Gasteiger partial charge in [-0.05, 0) is 29.8 Å². The molecule has 1 aromatic heterocycles. The molecule has 3 N–H and O–H groups in total. The van der Waals surface area contributed by atoms with Crippen molar-refractivity contribution in [2.75, 3.05) is 7.11 Å². The minimum Gasteiger partial charge on any atom is -0.495 e. The Labute approximate surface area is 118 Å². The Morgan fingerprint density at radius 3 is 2.84 bits per heavy atom. The molecular formula is C13H13BrFN3O. The minimum atomic E-state index is -0.397. The van der Waals surface area contributed by atoms with Gasteiger partial charge < -0.3 is 4.74 Å². The Balaban J connectivity index is 2.50. The highest BCUT2D eigenvalue weighted by molar-refractivity contribution is 9.10. The number of pyridine rings is 1. The summed E-state index contributed by atoms with van der Waals surface area (Å²) in [6, 6.07) is 7.58. The van der Waals surface area contributed by atoms with Crippen molar-refractivity contribution in [1.82, 2.24) is 10.4 Å². The number of halogens is 2. The molecule has 1 atom stereocenters. The molecule has 2 aromatic rings. The Bertz CT molecular complexity index is 580. The molecule has 0 radical (unpaired) electrons. The van der Waals surface area contributed by atoms with Crippen molar-refractivity contribution in [3.63, 3.8) is 0 Å². The number of hydrogen-bond donors (Lipinski definition) is 2. The Morgan fingerprint density at radius 1 is 1.42 bits per heavy atom. The van der Waals surface area contributed by atoms with Crippen LogP contribution in [-0.2, 0) is 0 Å². The molecule has 1 unspecified atom stereocenters. The molecular weight excluding hydrogens is 313 g/mol. The Kier molecular flexibility index (Phi) is 4.47. The van der Waals surface area contributed by atoms with Crippen molar-refractivity contribution in [3.8, 4) is 5.75 Å². The SMILES string of the molecule is COc1cccnc1C(NN)c1ccc(F)cc1Br. The first-order valence-electron chi connectivity index (χ1n) is 5.57. The van der Waals surface area contributed by atoms with Gasteiger partial charge in [0.05, 0.1) is 13.2 Å². The highest BCUT2D eigenvalue weighted by atomic mass is 79.9. The lowest BCUT2D eigenvalue weighted by Crippen LogP contribution is -2.30. The van der Waals surface area contributed by atoms with Crippen molar-refractivity contribution in [2.24, 2.45) is 5.84 Å². The average Bonchev–Trinajstić information content (AvgIpc) is 2.42. The third-order valence-corrected chi connectivity index (χ3v) is 3.42. The summed E-state index contributed by atoms with van der Waals surface area (Å²) in [6.45, 7) is 0. The van der Waals surface area contributed by atoms with Crippen LogP contribution in [-0.4, -0.2) is 12.1 Å². The van der Waals surface area contributed by atoms with Gasteiger partial charge >= 0.3 is 0 Å². The molecule has 0 aliphatic rings. The first-order valence-corrected chi connectivity index (χ1v) is 6.36. The van der Waals surface area contributed by atoms with Gasteiger partial charge in [-0.25, -0.2) is 9.82 Å². The van der Waals surface area contributed by atoms with E-state index in [2.05, 4.69) is 26.3 Å². The molecule has 0 aliphatic carbocycles. The summed E-state index contributed by atoms with van der Waals surface area (Å²) in [4.78, 5) is 4.28. The number of benzene rings is 1. The maximum absolute atomic E-state index is 13.1. The van der Waals surface area contributed by atoms with Crippen LogP contribution >= 0.6 is 15.9 Å². The fourth-order valence-corrected chi connectivity index (χ4v) is 2.42. The van der Waals surface area contributed by atoms with Crippen LogP contribution < -0.4 is 16.0 Å². The van der Waals surface area contributed by atoms with Crippen LogP contribution in [0.1, 0.15) is 17.3 Å². The van der Waals surface area contributed by atoms with E-state index >= 15 is 0 Å². The predicted octanol–water partition coefficient (Wildman–Crippen LogP) is 2.54. The molecule has 6 heteroatoms. The first-order chi connectivity index (χ1) is 9.17. The van der Waals surface area contributed by atoms with Gasteiger partial charge in [0.1, 0.15) is 17.3 Å². The predicted molar refractivity (Wildman–Crippen MR) is 74.1 cm³/mol. The zero-order chi connectivity index (χ0) is 13.8. The van der Waals surface area contributed by atoms with Gasteiger partial charge in [-0.15, -0.1) is 0 Å². The lowest BCUT2D eigenvalue weighted by atomic mass is 10.0. The van der Waals surface area contributed by atoms with Crippen LogP contribution in [0.5, 0.6) is 5.75 Å². The Hall–Kier alpha value is -1.50. The van der Waals surface area contributed by atoms with E-state index in [9.17, 15) is 4.39 Å². The number of aromatic nitrogens is 1. The largest absolute Gasteiger partial charge is 0.495 e. The third-order valence-electron chi connectivity index (χ3n) is 2.73. The number of methoxy groups -OCH3 is 1. The summed E-state index contributed by atoms with van der Waals surface area (Å²) in [5, 5.41) is 0. The molecule has 0 spiro atoms. The first kappa shape index (κ1) is 13.9. The topological polar surface area (TPSA) is 60.2 Å². The molecule has 0 bridgehead atoms. The summed E-state index contributed by atoms with van der Waals surface area (Å²) >= 11 is 3.33. The third kappa shape index (κ3) is 2.91. The fraction of sp³-hybridized carbons (Fsp3) is 0.154. The standard InChI is InChI=1S/C13H13BrFN3O/c1-19-11-3-2-6-17-13(11)12(18-16)9-5-4-8(15)7-10(9)14/h2-7,12,18H,16H2,1H3. The van der Waals surface area contributed by atoms with Crippen molar-refractivity contribution in [2.45, 2.75) is 6.04 Å². The minimum absolute atomic E-state index is 0.320. The smallest absolute Gasteiger partial charge is 0.142 e. The van der Waals surface area contributed by atoms with E-state index in [1.165, 1.54) is 12.1 Å². The summed E-state index contributed by atoms with van der Waals surface area (Å²) < 4.78 is 19.0. The number of rotatable bonds is 4. The van der Waals surface area contributed by atoms with Crippen molar-refractivity contribution in [1.29, 1.82) is 0 Å². The number of hydrogen-bond acceptors (Lipinski definition) is 4. The van der Waals surface area contributed by atoms with Gasteiger partial charge in [0, 0.05) is 10.7 Å². The van der Waals surface area contributed by atoms with Crippen LogP contribution in [0.3, 0.4) is 0 Å². The van der Waals surface area contributed by atoms with Gasteiger partial charge in [-0.2, -0.15) is 0 Å². The molecule has 4 nitrogen and oxygen atoms in total. The number of nitrogens with one attached hydrogen (secondary N) is 1.